The minimum Gasteiger partial charge on any atom is -0.465 e. The molecule has 0 N–H and O–H groups in total. The van der Waals surface area contributed by atoms with Crippen molar-refractivity contribution in [1.29, 1.82) is 0 Å². The van der Waals surface area contributed by atoms with Gasteiger partial charge in [-0.2, -0.15) is 0 Å². The fourth-order valence-corrected chi connectivity index (χ4v) is 2.55. The molecule has 1 aromatic rings. The molecule has 1 fully saturated rings. The first kappa shape index (κ1) is 15.4. The Labute approximate surface area is 123 Å². The largest absolute Gasteiger partial charge is 0.465 e. The van der Waals surface area contributed by atoms with Crippen LogP contribution in [0.4, 0.5) is 5.69 Å². The van der Waals surface area contributed by atoms with Gasteiger partial charge in [-0.3, -0.25) is 19.8 Å². The molecule has 0 aliphatic carbocycles. The minimum absolute atomic E-state index is 0.0172. The minimum atomic E-state index is -0.422. The van der Waals surface area contributed by atoms with Gasteiger partial charge >= 0.3 is 5.97 Å². The molecule has 6 nitrogen and oxygen atoms in total. The van der Waals surface area contributed by atoms with Crippen molar-refractivity contribution in [2.45, 2.75) is 38.8 Å². The highest BCUT2D eigenvalue weighted by Gasteiger charge is 2.53. The van der Waals surface area contributed by atoms with Gasteiger partial charge in [0.05, 0.1) is 17.6 Å². The number of nitro benzene ring substituents is 1. The smallest absolute Gasteiger partial charge is 0.325 e. The van der Waals surface area contributed by atoms with Crippen molar-refractivity contribution in [3.05, 3.63) is 39.9 Å². The zero-order chi connectivity index (χ0) is 15.4. The Morgan fingerprint density at radius 2 is 2.00 bits per heavy atom. The molecule has 21 heavy (non-hydrogen) atoms. The molecular weight excluding hydrogens is 272 g/mol. The van der Waals surface area contributed by atoms with Gasteiger partial charge < -0.3 is 4.74 Å². The van der Waals surface area contributed by atoms with Gasteiger partial charge in [-0.05, 0) is 25.5 Å². The first-order chi connectivity index (χ1) is 10.1. The molecule has 0 radical (unpaired) electrons. The molecule has 3 unspecified atom stereocenters. The molecule has 0 amide bonds. The van der Waals surface area contributed by atoms with Crippen molar-refractivity contribution >= 4 is 11.7 Å². The number of carbonyl (C=O) groups excluding carboxylic acids is 1. The van der Waals surface area contributed by atoms with E-state index in [0.29, 0.717) is 6.61 Å². The lowest BCUT2D eigenvalue weighted by Crippen LogP contribution is -2.16. The lowest BCUT2D eigenvalue weighted by Gasteiger charge is -2.02. The first-order valence-electron chi connectivity index (χ1n) is 7.26. The number of esters is 1. The van der Waals surface area contributed by atoms with Crippen molar-refractivity contribution in [1.82, 2.24) is 4.90 Å². The van der Waals surface area contributed by atoms with Crippen LogP contribution in [0, 0.1) is 10.1 Å². The molecule has 2 rings (SSSR count). The lowest BCUT2D eigenvalue weighted by molar-refractivity contribution is -0.384. The van der Waals surface area contributed by atoms with Crippen molar-refractivity contribution in [3.63, 3.8) is 0 Å². The topological polar surface area (TPSA) is 72.5 Å². The van der Waals surface area contributed by atoms with E-state index in [9.17, 15) is 14.9 Å². The predicted octanol–water partition coefficient (Wildman–Crippen LogP) is 2.68. The highest BCUT2D eigenvalue weighted by atomic mass is 16.6. The Balaban J connectivity index is 2.11. The molecule has 0 aromatic heterocycles. The third-order valence-electron chi connectivity index (χ3n) is 3.67. The number of benzene rings is 1. The van der Waals surface area contributed by atoms with Crippen LogP contribution in [0.5, 0.6) is 0 Å². The van der Waals surface area contributed by atoms with Crippen LogP contribution in [-0.4, -0.2) is 35.0 Å². The van der Waals surface area contributed by atoms with Gasteiger partial charge in [0.2, 0.25) is 0 Å². The predicted molar refractivity (Wildman–Crippen MR) is 77.9 cm³/mol. The molecule has 1 aliphatic rings. The molecule has 1 saturated heterocycles. The van der Waals surface area contributed by atoms with E-state index in [1.165, 1.54) is 12.1 Å². The second-order valence-electron chi connectivity index (χ2n) is 5.08. The highest BCUT2D eigenvalue weighted by molar-refractivity contribution is 5.80. The summed E-state index contributed by atoms with van der Waals surface area (Å²) >= 11 is 0. The fraction of sp³-hybridized carbons (Fsp3) is 0.533. The monoisotopic (exact) mass is 292 g/mol. The molecule has 0 saturated carbocycles. The molecule has 3 atom stereocenters. The zero-order valence-corrected chi connectivity index (χ0v) is 12.3. The maximum atomic E-state index is 12.0. The van der Waals surface area contributed by atoms with E-state index >= 15 is 0 Å². The van der Waals surface area contributed by atoms with Crippen LogP contribution in [-0.2, 0) is 9.53 Å². The number of nitro groups is 1. The molecule has 114 valence electrons. The summed E-state index contributed by atoms with van der Waals surface area (Å²) in [6.45, 7) is 5.09. The summed E-state index contributed by atoms with van der Waals surface area (Å²) in [5, 5.41) is 10.7. The van der Waals surface area contributed by atoms with Gasteiger partial charge in [-0.25, -0.2) is 0 Å². The fourth-order valence-electron chi connectivity index (χ4n) is 2.55. The van der Waals surface area contributed by atoms with Crippen molar-refractivity contribution < 1.29 is 14.5 Å². The SMILES string of the molecule is CCCCN1C(C(=O)OCC)C1c1ccc([N+](=O)[O-])cc1. The van der Waals surface area contributed by atoms with Crippen molar-refractivity contribution in [2.24, 2.45) is 0 Å². The zero-order valence-electron chi connectivity index (χ0n) is 12.3. The molecule has 1 aromatic carbocycles. The second kappa shape index (κ2) is 6.67. The standard InChI is InChI=1S/C15H20N2O4/c1-3-5-10-16-13(14(16)15(18)21-4-2)11-6-8-12(9-7-11)17(19)20/h6-9,13-14H,3-5,10H2,1-2H3. The van der Waals surface area contributed by atoms with Crippen molar-refractivity contribution in [3.8, 4) is 0 Å². The number of ether oxygens (including phenoxy) is 1. The van der Waals surface area contributed by atoms with E-state index in [0.717, 1.165) is 24.9 Å². The van der Waals surface area contributed by atoms with Gasteiger partial charge in [0.1, 0.15) is 6.04 Å². The summed E-state index contributed by atoms with van der Waals surface area (Å²) in [6.07, 6.45) is 2.07. The van der Waals surface area contributed by atoms with Crippen LogP contribution in [0.2, 0.25) is 0 Å². The normalized spacial score (nSPS) is 23.6. The Morgan fingerprint density at radius 3 is 2.52 bits per heavy atom. The van der Waals surface area contributed by atoms with E-state index in [-0.39, 0.29) is 23.7 Å². The van der Waals surface area contributed by atoms with Crippen LogP contribution in [0.3, 0.4) is 0 Å². The Kier molecular flexibility index (Phi) is 4.90. The summed E-state index contributed by atoms with van der Waals surface area (Å²) in [5.74, 6) is -0.211. The molecule has 1 heterocycles. The van der Waals surface area contributed by atoms with E-state index in [2.05, 4.69) is 11.8 Å². The number of unbranched alkanes of at least 4 members (excludes halogenated alkanes) is 1. The maximum Gasteiger partial charge on any atom is 0.325 e. The van der Waals surface area contributed by atoms with Crippen LogP contribution in [0.25, 0.3) is 0 Å². The number of carbonyl (C=O) groups is 1. The third-order valence-corrected chi connectivity index (χ3v) is 3.67. The molecule has 0 spiro atoms. The Morgan fingerprint density at radius 1 is 1.33 bits per heavy atom. The van der Waals surface area contributed by atoms with E-state index in [4.69, 9.17) is 4.74 Å². The van der Waals surface area contributed by atoms with E-state index in [1.807, 2.05) is 0 Å². The van der Waals surface area contributed by atoms with E-state index < -0.39 is 4.92 Å². The van der Waals surface area contributed by atoms with Crippen LogP contribution in [0.1, 0.15) is 38.3 Å². The van der Waals surface area contributed by atoms with Crippen LogP contribution >= 0.6 is 0 Å². The average molecular weight is 292 g/mol. The number of non-ortho nitro benzene ring substituents is 1. The number of nitrogens with zero attached hydrogens (tertiary/aromatic N) is 2. The molecule has 6 heteroatoms. The third kappa shape index (κ3) is 3.39. The average Bonchev–Trinajstić information content (AvgIpc) is 3.19. The second-order valence-corrected chi connectivity index (χ2v) is 5.08. The molecule has 0 bridgehead atoms. The highest BCUT2D eigenvalue weighted by Crippen LogP contribution is 2.44. The quantitative estimate of drug-likeness (QED) is 0.334. The summed E-state index contributed by atoms with van der Waals surface area (Å²) in [4.78, 5) is 24.3. The summed E-state index contributed by atoms with van der Waals surface area (Å²) in [5.41, 5.74) is 0.988. The van der Waals surface area contributed by atoms with Gasteiger partial charge in [0, 0.05) is 12.1 Å². The number of hydrogen-bond acceptors (Lipinski definition) is 5. The number of rotatable bonds is 7. The summed E-state index contributed by atoms with van der Waals surface area (Å²) in [7, 11) is 0. The van der Waals surface area contributed by atoms with Gasteiger partial charge in [0.15, 0.2) is 0 Å². The number of hydrogen-bond donors (Lipinski definition) is 0. The van der Waals surface area contributed by atoms with Gasteiger partial charge in [-0.15, -0.1) is 0 Å². The van der Waals surface area contributed by atoms with Gasteiger partial charge in [-0.1, -0.05) is 25.5 Å². The molecule has 1 aliphatic heterocycles. The summed E-state index contributed by atoms with van der Waals surface area (Å²) < 4.78 is 5.10. The van der Waals surface area contributed by atoms with Gasteiger partial charge in [0.25, 0.3) is 5.69 Å². The van der Waals surface area contributed by atoms with Crippen LogP contribution in [0.15, 0.2) is 24.3 Å². The lowest BCUT2D eigenvalue weighted by atomic mass is 10.1. The molecular formula is C15H20N2O4. The first-order valence-corrected chi connectivity index (χ1v) is 7.26. The maximum absolute atomic E-state index is 12.0. The Hall–Kier alpha value is -1.95. The van der Waals surface area contributed by atoms with Crippen LogP contribution < -0.4 is 0 Å². The summed E-state index contributed by atoms with van der Waals surface area (Å²) in [6, 6.07) is 6.14. The van der Waals surface area contributed by atoms with Crippen molar-refractivity contribution in [2.75, 3.05) is 13.2 Å². The Bertz CT molecular complexity index is 515. The van der Waals surface area contributed by atoms with E-state index in [1.54, 1.807) is 19.1 Å².